The molecule has 4 rings (SSSR count). The van der Waals surface area contributed by atoms with Crippen LogP contribution in [0.2, 0.25) is 0 Å². The predicted molar refractivity (Wildman–Crippen MR) is 85.2 cm³/mol. The molecule has 0 heterocycles. The van der Waals surface area contributed by atoms with E-state index < -0.39 is 33.3 Å². The van der Waals surface area contributed by atoms with Crippen molar-refractivity contribution in [3.05, 3.63) is 79.4 Å². The number of benzene rings is 2. The number of hydrogen-bond donors (Lipinski definition) is 0. The number of carbonyl (C=O) groups excluding carboxylic acids is 1. The second-order valence-electron chi connectivity index (χ2n) is 6.21. The van der Waals surface area contributed by atoms with Crippen molar-refractivity contribution >= 4 is 17.3 Å². The number of nitrogens with zero attached hydrogens (tertiary/aromatic N) is 2. The van der Waals surface area contributed by atoms with E-state index in [4.69, 9.17) is 4.74 Å². The average Bonchev–Trinajstić information content (AvgIpc) is 3.34. The molecule has 25 heavy (non-hydrogen) atoms. The molecule has 1 fully saturated rings. The molecule has 2 aliphatic rings. The van der Waals surface area contributed by atoms with E-state index in [0.29, 0.717) is 5.92 Å². The number of nitro groups is 2. The molecule has 2 aromatic rings. The number of ether oxygens (including phenoxy) is 1. The zero-order valence-corrected chi connectivity index (χ0v) is 12.8. The summed E-state index contributed by atoms with van der Waals surface area (Å²) < 4.78 is 5.56. The molecule has 3 unspecified atom stereocenters. The van der Waals surface area contributed by atoms with Crippen molar-refractivity contribution in [2.24, 2.45) is 5.92 Å². The molecule has 0 spiro atoms. The number of non-ortho nitro benzene ring substituents is 2. The van der Waals surface area contributed by atoms with Crippen LogP contribution in [0.25, 0.3) is 0 Å². The summed E-state index contributed by atoms with van der Waals surface area (Å²) in [6.45, 7) is 0. The summed E-state index contributed by atoms with van der Waals surface area (Å²) in [5.74, 6) is -0.192. The molecule has 8 nitrogen and oxygen atoms in total. The summed E-state index contributed by atoms with van der Waals surface area (Å²) in [6.07, 6.45) is 0.524. The standard InChI is InChI=1S/C17H12N2O6/c20-17(9-5-10(18(21)22)7-11(6-9)19(23)24)25-16-13-4-2-1-3-12(13)14-8-15(14)16/h1-7,14-16H,8H2. The number of rotatable bonds is 4. The lowest BCUT2D eigenvalue weighted by atomic mass is 10.0. The van der Waals surface area contributed by atoms with Gasteiger partial charge in [0.1, 0.15) is 6.10 Å². The molecular formula is C17H12N2O6. The van der Waals surface area contributed by atoms with E-state index in [2.05, 4.69) is 0 Å². The summed E-state index contributed by atoms with van der Waals surface area (Å²) in [5.41, 5.74) is 0.879. The highest BCUT2D eigenvalue weighted by atomic mass is 16.6. The highest BCUT2D eigenvalue weighted by Crippen LogP contribution is 2.63. The van der Waals surface area contributed by atoms with Gasteiger partial charge in [0.05, 0.1) is 21.5 Å². The van der Waals surface area contributed by atoms with Crippen LogP contribution < -0.4 is 0 Å². The first kappa shape index (κ1) is 15.3. The van der Waals surface area contributed by atoms with Crippen molar-refractivity contribution in [1.82, 2.24) is 0 Å². The van der Waals surface area contributed by atoms with Crippen LogP contribution in [0.15, 0.2) is 42.5 Å². The van der Waals surface area contributed by atoms with Gasteiger partial charge in [-0.3, -0.25) is 20.2 Å². The molecule has 0 aromatic heterocycles. The van der Waals surface area contributed by atoms with Crippen LogP contribution in [0.1, 0.15) is 39.9 Å². The van der Waals surface area contributed by atoms with Crippen molar-refractivity contribution in [3.63, 3.8) is 0 Å². The quantitative estimate of drug-likeness (QED) is 0.478. The Labute approximate surface area is 141 Å². The number of nitro benzene ring substituents is 2. The molecule has 0 amide bonds. The third kappa shape index (κ3) is 2.51. The average molecular weight is 340 g/mol. The fourth-order valence-electron chi connectivity index (χ4n) is 3.50. The molecule has 0 bridgehead atoms. The first-order valence-electron chi connectivity index (χ1n) is 7.69. The van der Waals surface area contributed by atoms with Gasteiger partial charge in [0.25, 0.3) is 11.4 Å². The molecule has 3 atom stereocenters. The van der Waals surface area contributed by atoms with E-state index in [9.17, 15) is 25.0 Å². The lowest BCUT2D eigenvalue weighted by molar-refractivity contribution is -0.394. The zero-order chi connectivity index (χ0) is 17.7. The van der Waals surface area contributed by atoms with E-state index in [0.717, 1.165) is 35.7 Å². The zero-order valence-electron chi connectivity index (χ0n) is 12.8. The van der Waals surface area contributed by atoms with Crippen LogP contribution in [0.3, 0.4) is 0 Å². The molecule has 0 saturated heterocycles. The maximum absolute atomic E-state index is 12.5. The maximum Gasteiger partial charge on any atom is 0.339 e. The van der Waals surface area contributed by atoms with Gasteiger partial charge in [-0.25, -0.2) is 4.79 Å². The normalized spacial score (nSPS) is 22.6. The Morgan fingerprint density at radius 1 is 1.00 bits per heavy atom. The Morgan fingerprint density at radius 2 is 1.60 bits per heavy atom. The van der Waals surface area contributed by atoms with E-state index >= 15 is 0 Å². The Hall–Kier alpha value is -3.29. The third-order valence-electron chi connectivity index (χ3n) is 4.72. The van der Waals surface area contributed by atoms with Crippen LogP contribution in [-0.4, -0.2) is 15.8 Å². The van der Waals surface area contributed by atoms with Gasteiger partial charge in [0.2, 0.25) is 0 Å². The number of carbonyl (C=O) groups is 1. The van der Waals surface area contributed by atoms with Gasteiger partial charge in [0.15, 0.2) is 0 Å². The lowest BCUT2D eigenvalue weighted by Crippen LogP contribution is -2.12. The third-order valence-corrected chi connectivity index (χ3v) is 4.72. The molecule has 2 aromatic carbocycles. The van der Waals surface area contributed by atoms with Crippen molar-refractivity contribution in [1.29, 1.82) is 0 Å². The largest absolute Gasteiger partial charge is 0.454 e. The Bertz CT molecular complexity index is 893. The Kier molecular flexibility index (Phi) is 3.28. The number of hydrogen-bond acceptors (Lipinski definition) is 6. The summed E-state index contributed by atoms with van der Waals surface area (Å²) in [4.78, 5) is 32.8. The van der Waals surface area contributed by atoms with Gasteiger partial charge in [-0.1, -0.05) is 24.3 Å². The molecule has 1 saturated carbocycles. The van der Waals surface area contributed by atoms with Gasteiger partial charge < -0.3 is 4.74 Å². The molecular weight excluding hydrogens is 328 g/mol. The van der Waals surface area contributed by atoms with Crippen LogP contribution in [0, 0.1) is 26.1 Å². The lowest BCUT2D eigenvalue weighted by Gasteiger charge is -2.16. The number of esters is 1. The molecule has 8 heteroatoms. The van der Waals surface area contributed by atoms with Crippen molar-refractivity contribution in [2.75, 3.05) is 0 Å². The molecule has 0 aliphatic heterocycles. The second kappa shape index (κ2) is 5.37. The van der Waals surface area contributed by atoms with Crippen LogP contribution in [-0.2, 0) is 4.74 Å². The monoisotopic (exact) mass is 340 g/mol. The van der Waals surface area contributed by atoms with E-state index in [1.807, 2.05) is 24.3 Å². The van der Waals surface area contributed by atoms with Gasteiger partial charge in [-0.05, 0) is 23.5 Å². The minimum absolute atomic E-state index is 0.192. The second-order valence-corrected chi connectivity index (χ2v) is 6.21. The minimum Gasteiger partial charge on any atom is -0.454 e. The van der Waals surface area contributed by atoms with Gasteiger partial charge in [-0.15, -0.1) is 0 Å². The van der Waals surface area contributed by atoms with Crippen LogP contribution in [0.5, 0.6) is 0 Å². The predicted octanol–water partition coefficient (Wildman–Crippen LogP) is 3.52. The molecule has 0 radical (unpaired) electrons. The molecule has 2 aliphatic carbocycles. The van der Waals surface area contributed by atoms with Crippen LogP contribution in [0.4, 0.5) is 11.4 Å². The minimum atomic E-state index is -0.792. The summed E-state index contributed by atoms with van der Waals surface area (Å²) in [7, 11) is 0. The summed E-state index contributed by atoms with van der Waals surface area (Å²) in [6, 6.07) is 10.5. The maximum atomic E-state index is 12.5. The van der Waals surface area contributed by atoms with Crippen molar-refractivity contribution < 1.29 is 19.4 Å². The van der Waals surface area contributed by atoms with Crippen LogP contribution >= 0.6 is 0 Å². The van der Waals surface area contributed by atoms with Gasteiger partial charge in [0, 0.05) is 18.1 Å². The fourth-order valence-corrected chi connectivity index (χ4v) is 3.50. The highest BCUT2D eigenvalue weighted by molar-refractivity contribution is 5.91. The van der Waals surface area contributed by atoms with Crippen molar-refractivity contribution in [2.45, 2.75) is 18.4 Å². The van der Waals surface area contributed by atoms with Crippen molar-refractivity contribution in [3.8, 4) is 0 Å². The van der Waals surface area contributed by atoms with Gasteiger partial charge >= 0.3 is 5.97 Å². The first-order valence-corrected chi connectivity index (χ1v) is 7.69. The summed E-state index contributed by atoms with van der Waals surface area (Å²) >= 11 is 0. The highest BCUT2D eigenvalue weighted by Gasteiger charge is 2.53. The fraction of sp³-hybridized carbons (Fsp3) is 0.235. The smallest absolute Gasteiger partial charge is 0.339 e. The number of fused-ring (bicyclic) bond motifs is 3. The van der Waals surface area contributed by atoms with E-state index in [1.165, 1.54) is 0 Å². The SMILES string of the molecule is O=C(OC1c2ccccc2C2CC21)c1cc([N+](=O)[O-])cc([N+](=O)[O-])c1. The first-order chi connectivity index (χ1) is 12.0. The topological polar surface area (TPSA) is 113 Å². The van der Waals surface area contributed by atoms with E-state index in [-0.39, 0.29) is 11.5 Å². The van der Waals surface area contributed by atoms with E-state index in [1.54, 1.807) is 0 Å². The molecule has 0 N–H and O–H groups in total. The Balaban J connectivity index is 1.64. The Morgan fingerprint density at radius 3 is 2.20 bits per heavy atom. The molecule has 126 valence electrons. The summed E-state index contributed by atoms with van der Waals surface area (Å²) in [5, 5.41) is 21.9. The van der Waals surface area contributed by atoms with Gasteiger partial charge in [-0.2, -0.15) is 0 Å².